The van der Waals surface area contributed by atoms with Crippen LogP contribution in [0.15, 0.2) is 30.3 Å². The van der Waals surface area contributed by atoms with Gasteiger partial charge in [-0.15, -0.1) is 0 Å². The van der Waals surface area contributed by atoms with Crippen molar-refractivity contribution in [2.24, 2.45) is 5.73 Å². The summed E-state index contributed by atoms with van der Waals surface area (Å²) in [5, 5.41) is 0.799. The van der Waals surface area contributed by atoms with Crippen molar-refractivity contribution in [3.05, 3.63) is 36.0 Å². The number of aromatic nitrogens is 1. The number of amides is 1. The van der Waals surface area contributed by atoms with Crippen molar-refractivity contribution in [1.29, 1.82) is 0 Å². The van der Waals surface area contributed by atoms with Crippen LogP contribution in [0.1, 0.15) is 36.2 Å². The lowest BCUT2D eigenvalue weighted by Gasteiger charge is -2.36. The molecular weight excluding hydrogens is 319 g/mol. The zero-order chi connectivity index (χ0) is 17.3. The van der Waals surface area contributed by atoms with Crippen LogP contribution in [-0.2, 0) is 0 Å². The maximum absolute atomic E-state index is 13.0. The summed E-state index contributed by atoms with van der Waals surface area (Å²) >= 11 is 0. The predicted octanol–water partition coefficient (Wildman–Crippen LogP) is 3.44. The van der Waals surface area contributed by atoms with Crippen LogP contribution in [0.25, 0.3) is 10.9 Å². The third-order valence-corrected chi connectivity index (χ3v) is 4.50. The Balaban J connectivity index is 1.89. The number of nitrogens with one attached hydrogen (secondary N) is 1. The molecule has 0 aliphatic heterocycles. The summed E-state index contributed by atoms with van der Waals surface area (Å²) < 4.78 is 39.0. The average molecular weight is 339 g/mol. The fraction of sp³-hybridized carbons (Fsp3) is 0.471. The zero-order valence-electron chi connectivity index (χ0n) is 13.1. The third kappa shape index (κ3) is 3.72. The fourth-order valence-corrected chi connectivity index (χ4v) is 3.39. The monoisotopic (exact) mass is 339 g/mol. The summed E-state index contributed by atoms with van der Waals surface area (Å²) in [5.41, 5.74) is 6.81. The van der Waals surface area contributed by atoms with Gasteiger partial charge in [0.25, 0.3) is 5.91 Å². The van der Waals surface area contributed by atoms with Gasteiger partial charge in [-0.2, -0.15) is 13.2 Å². The number of carbonyl (C=O) groups excluding carboxylic acids is 1. The molecule has 0 bridgehead atoms. The number of fused-ring (bicyclic) bond motifs is 1. The molecule has 0 spiro atoms. The van der Waals surface area contributed by atoms with Crippen LogP contribution in [0.3, 0.4) is 0 Å². The Morgan fingerprint density at radius 3 is 2.71 bits per heavy atom. The van der Waals surface area contributed by atoms with E-state index in [0.29, 0.717) is 12.8 Å². The molecule has 1 aromatic heterocycles. The minimum absolute atomic E-state index is 0.157. The Morgan fingerprint density at radius 2 is 2.04 bits per heavy atom. The van der Waals surface area contributed by atoms with Crippen molar-refractivity contribution < 1.29 is 18.0 Å². The van der Waals surface area contributed by atoms with Gasteiger partial charge in [-0.05, 0) is 37.8 Å². The molecule has 1 saturated carbocycles. The Labute approximate surface area is 137 Å². The van der Waals surface area contributed by atoms with Gasteiger partial charge in [-0.1, -0.05) is 18.2 Å². The molecule has 3 rings (SSSR count). The zero-order valence-corrected chi connectivity index (χ0v) is 13.1. The first-order valence-electron chi connectivity index (χ1n) is 8.04. The van der Waals surface area contributed by atoms with Gasteiger partial charge in [0, 0.05) is 23.0 Å². The summed E-state index contributed by atoms with van der Waals surface area (Å²) in [6.45, 7) is -1.25. The molecule has 1 heterocycles. The van der Waals surface area contributed by atoms with E-state index in [1.54, 1.807) is 18.2 Å². The number of para-hydroxylation sites is 1. The van der Waals surface area contributed by atoms with Crippen LogP contribution in [0.5, 0.6) is 0 Å². The third-order valence-electron chi connectivity index (χ3n) is 4.50. The van der Waals surface area contributed by atoms with Crippen LogP contribution in [0, 0.1) is 0 Å². The minimum atomic E-state index is -4.44. The number of hydrogen-bond acceptors (Lipinski definition) is 2. The molecule has 2 unspecified atom stereocenters. The summed E-state index contributed by atoms with van der Waals surface area (Å²) in [5.74, 6) is -0.623. The molecule has 1 aromatic carbocycles. The highest BCUT2D eigenvalue weighted by molar-refractivity contribution is 5.98. The first kappa shape index (κ1) is 16.8. The minimum Gasteiger partial charge on any atom is -0.351 e. The van der Waals surface area contributed by atoms with Gasteiger partial charge in [0.1, 0.15) is 12.2 Å². The van der Waals surface area contributed by atoms with Crippen molar-refractivity contribution in [3.8, 4) is 0 Å². The van der Waals surface area contributed by atoms with E-state index >= 15 is 0 Å². The van der Waals surface area contributed by atoms with E-state index in [9.17, 15) is 18.0 Å². The Bertz CT molecular complexity index is 692. The molecule has 130 valence electrons. The highest BCUT2D eigenvalue weighted by Crippen LogP contribution is 2.28. The first-order chi connectivity index (χ1) is 11.3. The van der Waals surface area contributed by atoms with Crippen LogP contribution in [0.4, 0.5) is 13.2 Å². The number of rotatable bonds is 3. The Hall–Kier alpha value is -2.02. The molecule has 2 atom stereocenters. The van der Waals surface area contributed by atoms with Gasteiger partial charge >= 0.3 is 6.18 Å². The SMILES string of the molecule is NC1CCCC(N(CC(F)(F)F)C(=O)c2cc3ccccc3[nH]2)C1. The molecule has 24 heavy (non-hydrogen) atoms. The second kappa shape index (κ2) is 6.47. The van der Waals surface area contributed by atoms with Gasteiger partial charge < -0.3 is 15.6 Å². The quantitative estimate of drug-likeness (QED) is 0.900. The lowest BCUT2D eigenvalue weighted by molar-refractivity contribution is -0.145. The molecule has 1 aliphatic carbocycles. The van der Waals surface area contributed by atoms with Gasteiger partial charge in [-0.25, -0.2) is 0 Å². The summed E-state index contributed by atoms with van der Waals surface area (Å²) in [4.78, 5) is 16.6. The first-order valence-corrected chi connectivity index (χ1v) is 8.04. The van der Waals surface area contributed by atoms with Crippen LogP contribution in [-0.4, -0.2) is 40.6 Å². The number of nitrogens with two attached hydrogens (primary N) is 1. The molecule has 1 fully saturated rings. The maximum Gasteiger partial charge on any atom is 0.406 e. The lowest BCUT2D eigenvalue weighted by Crippen LogP contribution is -2.49. The smallest absolute Gasteiger partial charge is 0.351 e. The number of aromatic amines is 1. The molecule has 1 aliphatic rings. The Kier molecular flexibility index (Phi) is 4.54. The number of benzene rings is 1. The van der Waals surface area contributed by atoms with Crippen molar-refractivity contribution in [3.63, 3.8) is 0 Å². The van der Waals surface area contributed by atoms with E-state index in [1.165, 1.54) is 0 Å². The van der Waals surface area contributed by atoms with Gasteiger partial charge in [0.15, 0.2) is 0 Å². The highest BCUT2D eigenvalue weighted by Gasteiger charge is 2.38. The summed E-state index contributed by atoms with van der Waals surface area (Å²) in [7, 11) is 0. The van der Waals surface area contributed by atoms with Crippen LogP contribution in [0.2, 0.25) is 0 Å². The largest absolute Gasteiger partial charge is 0.406 e. The average Bonchev–Trinajstić information content (AvgIpc) is 2.95. The molecule has 0 radical (unpaired) electrons. The summed E-state index contributed by atoms with van der Waals surface area (Å²) in [6, 6.07) is 8.19. The Morgan fingerprint density at radius 1 is 1.29 bits per heavy atom. The van der Waals surface area contributed by atoms with E-state index in [4.69, 9.17) is 5.73 Å². The number of carbonyl (C=O) groups is 1. The molecule has 1 amide bonds. The van der Waals surface area contributed by atoms with Gasteiger partial charge in [0.2, 0.25) is 0 Å². The fourth-order valence-electron chi connectivity index (χ4n) is 3.39. The lowest BCUT2D eigenvalue weighted by atomic mass is 9.90. The molecule has 4 nitrogen and oxygen atoms in total. The number of nitrogens with zero attached hydrogens (tertiary/aromatic N) is 1. The van der Waals surface area contributed by atoms with E-state index in [1.807, 2.05) is 12.1 Å². The van der Waals surface area contributed by atoms with E-state index in [2.05, 4.69) is 4.98 Å². The topological polar surface area (TPSA) is 62.1 Å². The molecule has 3 N–H and O–H groups in total. The number of alkyl halides is 3. The van der Waals surface area contributed by atoms with Gasteiger partial charge in [-0.3, -0.25) is 4.79 Å². The maximum atomic E-state index is 13.0. The van der Waals surface area contributed by atoms with Crippen molar-refractivity contribution in [2.45, 2.75) is 43.9 Å². The van der Waals surface area contributed by atoms with Crippen LogP contribution < -0.4 is 5.73 Å². The molecule has 7 heteroatoms. The molecule has 2 aromatic rings. The van der Waals surface area contributed by atoms with Crippen LogP contribution >= 0.6 is 0 Å². The van der Waals surface area contributed by atoms with E-state index in [0.717, 1.165) is 28.6 Å². The molecule has 0 saturated heterocycles. The van der Waals surface area contributed by atoms with Crippen molar-refractivity contribution in [2.75, 3.05) is 6.54 Å². The van der Waals surface area contributed by atoms with E-state index in [-0.39, 0.29) is 11.7 Å². The summed E-state index contributed by atoms with van der Waals surface area (Å²) in [6.07, 6.45) is -1.96. The van der Waals surface area contributed by atoms with Crippen molar-refractivity contribution in [1.82, 2.24) is 9.88 Å². The highest BCUT2D eigenvalue weighted by atomic mass is 19.4. The number of H-pyrrole nitrogens is 1. The normalized spacial score (nSPS) is 21.8. The second-order valence-electron chi connectivity index (χ2n) is 6.40. The number of halogens is 3. The van der Waals surface area contributed by atoms with Gasteiger partial charge in [0.05, 0.1) is 0 Å². The predicted molar refractivity (Wildman–Crippen MR) is 85.6 cm³/mol. The van der Waals surface area contributed by atoms with Crippen molar-refractivity contribution >= 4 is 16.8 Å². The second-order valence-corrected chi connectivity index (χ2v) is 6.40. The molecular formula is C17H20F3N3O. The van der Waals surface area contributed by atoms with E-state index < -0.39 is 24.7 Å². The standard InChI is InChI=1S/C17H20F3N3O/c18-17(19,20)10-23(13-6-3-5-12(21)9-13)16(24)15-8-11-4-1-2-7-14(11)22-15/h1-2,4,7-8,12-13,22H,3,5-6,9-10,21H2. The number of hydrogen-bond donors (Lipinski definition) is 2.